The van der Waals surface area contributed by atoms with Gasteiger partial charge in [0, 0.05) is 34.5 Å². The number of thiazole rings is 1. The van der Waals surface area contributed by atoms with E-state index in [9.17, 15) is 4.79 Å². The van der Waals surface area contributed by atoms with E-state index in [1.165, 1.54) is 11.3 Å². The molecule has 0 spiro atoms. The van der Waals surface area contributed by atoms with Crippen LogP contribution in [-0.4, -0.2) is 17.4 Å². The topological polar surface area (TPSA) is 39.2 Å². The molecular formula is C15H14ClNO2S. The second-order valence-electron chi connectivity index (χ2n) is 4.93. The lowest BCUT2D eigenvalue weighted by Crippen LogP contribution is -2.07. The molecule has 5 heteroatoms. The Bertz CT molecular complexity index is 666. The smallest absolute Gasteiger partial charge is 0.144 e. The molecule has 0 radical (unpaired) electrons. The summed E-state index contributed by atoms with van der Waals surface area (Å²) >= 11 is 7.63. The van der Waals surface area contributed by atoms with E-state index < -0.39 is 0 Å². The van der Waals surface area contributed by atoms with Crippen LogP contribution < -0.4 is 4.74 Å². The van der Waals surface area contributed by atoms with Crippen LogP contribution in [-0.2, 0) is 24.1 Å². The Labute approximate surface area is 126 Å². The van der Waals surface area contributed by atoms with E-state index in [0.717, 1.165) is 34.0 Å². The van der Waals surface area contributed by atoms with Crippen molar-refractivity contribution in [2.45, 2.75) is 26.2 Å². The number of benzene rings is 1. The average molecular weight is 308 g/mol. The zero-order valence-corrected chi connectivity index (χ0v) is 12.7. The number of aromatic nitrogens is 1. The molecule has 1 aromatic heterocycles. The van der Waals surface area contributed by atoms with Gasteiger partial charge in [-0.1, -0.05) is 11.6 Å². The SMILES string of the molecule is Cc1csc(CC(=O)Cc2cc(Cl)cc3c2OCC3)n1. The van der Waals surface area contributed by atoms with Gasteiger partial charge in [-0.3, -0.25) is 4.79 Å². The average Bonchev–Trinajstić information content (AvgIpc) is 2.98. The summed E-state index contributed by atoms with van der Waals surface area (Å²) in [7, 11) is 0. The minimum Gasteiger partial charge on any atom is -0.493 e. The summed E-state index contributed by atoms with van der Waals surface area (Å²) < 4.78 is 5.62. The van der Waals surface area contributed by atoms with Crippen molar-refractivity contribution in [3.63, 3.8) is 0 Å². The number of halogens is 1. The number of rotatable bonds is 4. The Morgan fingerprint density at radius 2 is 2.30 bits per heavy atom. The fraction of sp³-hybridized carbons (Fsp3) is 0.333. The van der Waals surface area contributed by atoms with Gasteiger partial charge in [0.25, 0.3) is 0 Å². The number of ether oxygens (including phenoxy) is 1. The summed E-state index contributed by atoms with van der Waals surface area (Å²) in [6.07, 6.45) is 1.59. The molecule has 20 heavy (non-hydrogen) atoms. The largest absolute Gasteiger partial charge is 0.493 e. The minimum atomic E-state index is 0.138. The lowest BCUT2D eigenvalue weighted by Gasteiger charge is -2.08. The molecule has 1 aliphatic heterocycles. The lowest BCUT2D eigenvalue weighted by atomic mass is 10.0. The van der Waals surface area contributed by atoms with E-state index in [2.05, 4.69) is 4.98 Å². The Morgan fingerprint density at radius 3 is 3.05 bits per heavy atom. The van der Waals surface area contributed by atoms with Crippen LogP contribution in [0.1, 0.15) is 21.8 Å². The number of nitrogens with zero attached hydrogens (tertiary/aromatic N) is 1. The monoisotopic (exact) mass is 307 g/mol. The number of hydrogen-bond acceptors (Lipinski definition) is 4. The first-order valence-electron chi connectivity index (χ1n) is 6.48. The van der Waals surface area contributed by atoms with Crippen molar-refractivity contribution in [2.24, 2.45) is 0 Å². The summed E-state index contributed by atoms with van der Waals surface area (Å²) in [5.41, 5.74) is 2.96. The van der Waals surface area contributed by atoms with Crippen molar-refractivity contribution in [1.29, 1.82) is 0 Å². The van der Waals surface area contributed by atoms with Gasteiger partial charge in [0.05, 0.1) is 13.0 Å². The molecule has 1 aliphatic rings. The van der Waals surface area contributed by atoms with Crippen LogP contribution in [0.3, 0.4) is 0 Å². The summed E-state index contributed by atoms with van der Waals surface area (Å²) in [4.78, 5) is 16.5. The highest BCUT2D eigenvalue weighted by Gasteiger charge is 2.19. The van der Waals surface area contributed by atoms with Crippen LogP contribution in [0.25, 0.3) is 0 Å². The van der Waals surface area contributed by atoms with E-state index in [1.807, 2.05) is 24.4 Å². The van der Waals surface area contributed by atoms with Gasteiger partial charge in [0.1, 0.15) is 16.5 Å². The Balaban J connectivity index is 1.76. The number of hydrogen-bond donors (Lipinski definition) is 0. The molecule has 0 atom stereocenters. The van der Waals surface area contributed by atoms with Gasteiger partial charge in [-0.2, -0.15) is 0 Å². The van der Waals surface area contributed by atoms with Gasteiger partial charge < -0.3 is 4.74 Å². The molecule has 3 rings (SSSR count). The Hall–Kier alpha value is -1.39. The van der Waals surface area contributed by atoms with E-state index in [0.29, 0.717) is 24.5 Å². The molecule has 2 aromatic rings. The van der Waals surface area contributed by atoms with Crippen molar-refractivity contribution in [3.8, 4) is 5.75 Å². The van der Waals surface area contributed by atoms with E-state index in [4.69, 9.17) is 16.3 Å². The number of fused-ring (bicyclic) bond motifs is 1. The van der Waals surface area contributed by atoms with Crippen LogP contribution in [0.4, 0.5) is 0 Å². The third kappa shape index (κ3) is 2.86. The normalized spacial score (nSPS) is 13.1. The molecule has 2 heterocycles. The predicted molar refractivity (Wildman–Crippen MR) is 79.9 cm³/mol. The molecule has 0 fully saturated rings. The number of ketones is 1. The molecule has 0 bridgehead atoms. The van der Waals surface area contributed by atoms with E-state index >= 15 is 0 Å². The van der Waals surface area contributed by atoms with E-state index in [1.54, 1.807) is 0 Å². The molecule has 3 nitrogen and oxygen atoms in total. The molecule has 0 amide bonds. The van der Waals surface area contributed by atoms with Crippen LogP contribution in [0.15, 0.2) is 17.5 Å². The molecule has 0 unspecified atom stereocenters. The predicted octanol–water partition coefficient (Wildman–Crippen LogP) is 3.39. The zero-order chi connectivity index (χ0) is 14.1. The van der Waals surface area contributed by atoms with Crippen molar-refractivity contribution in [1.82, 2.24) is 4.98 Å². The van der Waals surface area contributed by atoms with Gasteiger partial charge >= 0.3 is 0 Å². The lowest BCUT2D eigenvalue weighted by molar-refractivity contribution is -0.117. The van der Waals surface area contributed by atoms with Crippen LogP contribution >= 0.6 is 22.9 Å². The number of Topliss-reactive ketones (excluding diaryl/α,β-unsaturated/α-hetero) is 1. The highest BCUT2D eigenvalue weighted by Crippen LogP contribution is 2.33. The summed E-state index contributed by atoms with van der Waals surface area (Å²) in [6.45, 7) is 2.60. The quantitative estimate of drug-likeness (QED) is 0.869. The first-order valence-corrected chi connectivity index (χ1v) is 7.74. The van der Waals surface area contributed by atoms with Gasteiger partial charge in [-0.25, -0.2) is 4.98 Å². The van der Waals surface area contributed by atoms with Gasteiger partial charge in [-0.05, 0) is 24.6 Å². The Morgan fingerprint density at radius 1 is 1.45 bits per heavy atom. The van der Waals surface area contributed by atoms with Gasteiger partial charge in [0.15, 0.2) is 0 Å². The fourth-order valence-corrected chi connectivity index (χ4v) is 3.47. The van der Waals surface area contributed by atoms with Crippen LogP contribution in [0.5, 0.6) is 5.75 Å². The van der Waals surface area contributed by atoms with Crippen LogP contribution in [0.2, 0.25) is 5.02 Å². The number of aryl methyl sites for hydroxylation is 1. The molecular weight excluding hydrogens is 294 g/mol. The zero-order valence-electron chi connectivity index (χ0n) is 11.1. The maximum Gasteiger partial charge on any atom is 0.144 e. The molecule has 0 saturated heterocycles. The highest BCUT2D eigenvalue weighted by molar-refractivity contribution is 7.09. The van der Waals surface area contributed by atoms with E-state index in [-0.39, 0.29) is 5.78 Å². The fourth-order valence-electron chi connectivity index (χ4n) is 2.40. The first-order chi connectivity index (χ1) is 9.61. The standard InChI is InChI=1S/C15H14ClNO2S/c1-9-8-20-14(17-9)7-13(18)6-11-5-12(16)4-10-2-3-19-15(10)11/h4-5,8H,2-3,6-7H2,1H3. The molecule has 0 aliphatic carbocycles. The number of carbonyl (C=O) groups excluding carboxylic acids is 1. The van der Waals surface area contributed by atoms with Crippen LogP contribution in [0, 0.1) is 6.92 Å². The van der Waals surface area contributed by atoms with Crippen molar-refractivity contribution in [3.05, 3.63) is 44.4 Å². The third-order valence-electron chi connectivity index (χ3n) is 3.23. The second-order valence-corrected chi connectivity index (χ2v) is 6.31. The Kier molecular flexibility index (Phi) is 3.76. The van der Waals surface area contributed by atoms with Gasteiger partial charge in [0.2, 0.25) is 0 Å². The minimum absolute atomic E-state index is 0.138. The molecule has 104 valence electrons. The maximum atomic E-state index is 12.2. The first kappa shape index (κ1) is 13.6. The van der Waals surface area contributed by atoms with Gasteiger partial charge in [-0.15, -0.1) is 11.3 Å². The van der Waals surface area contributed by atoms with Crippen molar-refractivity contribution < 1.29 is 9.53 Å². The van der Waals surface area contributed by atoms with Crippen molar-refractivity contribution >= 4 is 28.7 Å². The summed E-state index contributed by atoms with van der Waals surface area (Å²) in [5.74, 6) is 0.984. The summed E-state index contributed by atoms with van der Waals surface area (Å²) in [6, 6.07) is 3.75. The molecule has 0 saturated carbocycles. The third-order valence-corrected chi connectivity index (χ3v) is 4.41. The molecule has 1 aromatic carbocycles. The molecule has 0 N–H and O–H groups in total. The highest BCUT2D eigenvalue weighted by atomic mass is 35.5. The van der Waals surface area contributed by atoms with Crippen molar-refractivity contribution in [2.75, 3.05) is 6.61 Å². The second kappa shape index (κ2) is 5.54. The number of carbonyl (C=O) groups is 1. The summed E-state index contributed by atoms with van der Waals surface area (Å²) in [5, 5.41) is 3.50. The maximum absolute atomic E-state index is 12.2.